The van der Waals surface area contributed by atoms with Crippen LogP contribution in [0.2, 0.25) is 0 Å². The molecule has 0 aliphatic rings. The number of H-pyrrole nitrogens is 1. The molecular weight excluding hydrogens is 502 g/mol. The van der Waals surface area contributed by atoms with Crippen LogP contribution in [0.5, 0.6) is 5.88 Å². The quantitative estimate of drug-likeness (QED) is 0.254. The van der Waals surface area contributed by atoms with Crippen LogP contribution in [0.4, 0.5) is 10.5 Å². The van der Waals surface area contributed by atoms with Gasteiger partial charge in [0.2, 0.25) is 5.88 Å². The van der Waals surface area contributed by atoms with Crippen LogP contribution in [-0.4, -0.2) is 39.3 Å². The molecule has 0 bridgehead atoms. The van der Waals surface area contributed by atoms with Crippen LogP contribution in [0.1, 0.15) is 33.3 Å². The highest BCUT2D eigenvalue weighted by Crippen LogP contribution is 2.39. The van der Waals surface area contributed by atoms with Crippen LogP contribution >= 0.6 is 0 Å². The number of rotatable bonds is 8. The molecule has 1 heterocycles. The molecule has 0 saturated heterocycles. The van der Waals surface area contributed by atoms with Gasteiger partial charge in [-0.1, -0.05) is 63.2 Å². The highest BCUT2D eigenvalue weighted by atomic mass is 32.2. The van der Waals surface area contributed by atoms with Crippen molar-refractivity contribution in [3.8, 4) is 17.0 Å². The fraction of sp³-hybridized carbons (Fsp3) is 0.276. The number of nitrogens with one attached hydrogen (secondary N) is 3. The van der Waals surface area contributed by atoms with Gasteiger partial charge in [-0.15, -0.1) is 0 Å². The lowest BCUT2D eigenvalue weighted by Crippen LogP contribution is -2.37. The second kappa shape index (κ2) is 10.9. The van der Waals surface area contributed by atoms with Crippen molar-refractivity contribution in [2.75, 3.05) is 18.4 Å². The lowest BCUT2D eigenvalue weighted by molar-refractivity contribution is 0.158. The summed E-state index contributed by atoms with van der Waals surface area (Å²) in [5.41, 5.74) is 3.50. The number of amides is 1. The van der Waals surface area contributed by atoms with Crippen molar-refractivity contribution in [3.63, 3.8) is 0 Å². The van der Waals surface area contributed by atoms with Gasteiger partial charge in [0, 0.05) is 23.7 Å². The third kappa shape index (κ3) is 6.17. The largest absolute Gasteiger partial charge is 0.414 e. The van der Waals surface area contributed by atoms with E-state index in [0.29, 0.717) is 28.8 Å². The average molecular weight is 536 g/mol. The number of carbonyl (C=O) groups excluding carboxylic acids is 1. The minimum atomic E-state index is -3.82. The number of ether oxygens (including phenoxy) is 2. The zero-order valence-corrected chi connectivity index (χ0v) is 23.0. The molecule has 1 atom stereocenters. The van der Waals surface area contributed by atoms with Gasteiger partial charge in [-0.25, -0.2) is 13.2 Å². The summed E-state index contributed by atoms with van der Waals surface area (Å²) >= 11 is 0. The molecule has 3 aromatic carbocycles. The summed E-state index contributed by atoms with van der Waals surface area (Å²) < 4.78 is 39.7. The van der Waals surface area contributed by atoms with E-state index in [1.54, 1.807) is 37.4 Å². The van der Waals surface area contributed by atoms with E-state index in [0.717, 1.165) is 11.1 Å². The Balaban J connectivity index is 1.68. The summed E-state index contributed by atoms with van der Waals surface area (Å²) in [5.74, 6) is 0.256. The predicted molar refractivity (Wildman–Crippen MR) is 150 cm³/mol. The number of anilines is 1. The van der Waals surface area contributed by atoms with Gasteiger partial charge in [0.15, 0.2) is 0 Å². The van der Waals surface area contributed by atoms with Gasteiger partial charge in [-0.2, -0.15) is 0 Å². The van der Waals surface area contributed by atoms with E-state index in [1.165, 1.54) is 0 Å². The highest BCUT2D eigenvalue weighted by Gasteiger charge is 2.21. The van der Waals surface area contributed by atoms with Crippen LogP contribution < -0.4 is 14.8 Å². The van der Waals surface area contributed by atoms with Gasteiger partial charge in [-0.3, -0.25) is 4.72 Å². The molecule has 4 rings (SSSR count). The number of aromatic amines is 1. The number of aromatic nitrogens is 1. The fourth-order valence-electron chi connectivity index (χ4n) is 4.16. The van der Waals surface area contributed by atoms with E-state index < -0.39 is 16.1 Å². The number of hydrogen-bond acceptors (Lipinski definition) is 5. The van der Waals surface area contributed by atoms with Crippen LogP contribution in [0.3, 0.4) is 0 Å². The number of fused-ring (bicyclic) bond motifs is 1. The molecule has 1 aromatic heterocycles. The SMILES string of the molecule is COCC(C)NC(=O)Oc1[nH]c2ccc(NS(=O)(=O)c3ccc(C(C)(C)C)cc3)cc2c1-c1ccccc1. The third-order valence-corrected chi connectivity index (χ3v) is 7.48. The Bertz CT molecular complexity index is 1520. The summed E-state index contributed by atoms with van der Waals surface area (Å²) in [4.78, 5) is 15.9. The van der Waals surface area contributed by atoms with Gasteiger partial charge in [0.1, 0.15) is 0 Å². The van der Waals surface area contributed by atoms with Crippen molar-refractivity contribution in [3.05, 3.63) is 78.4 Å². The topological polar surface area (TPSA) is 110 Å². The average Bonchev–Trinajstić information content (AvgIpc) is 3.20. The number of methoxy groups -OCH3 is 1. The molecule has 0 aliphatic carbocycles. The first-order valence-corrected chi connectivity index (χ1v) is 13.8. The van der Waals surface area contributed by atoms with Crippen molar-refractivity contribution in [1.29, 1.82) is 0 Å². The summed E-state index contributed by atoms with van der Waals surface area (Å²) in [7, 11) is -2.26. The minimum absolute atomic E-state index is 0.0820. The first-order chi connectivity index (χ1) is 18.0. The lowest BCUT2D eigenvalue weighted by Gasteiger charge is -2.19. The van der Waals surface area contributed by atoms with E-state index in [1.807, 2.05) is 49.4 Å². The van der Waals surface area contributed by atoms with Crippen molar-refractivity contribution in [2.45, 2.75) is 44.0 Å². The first-order valence-electron chi connectivity index (χ1n) is 12.3. The maximum Gasteiger partial charge on any atom is 0.414 e. The molecule has 0 radical (unpaired) electrons. The lowest BCUT2D eigenvalue weighted by atomic mass is 9.87. The van der Waals surface area contributed by atoms with Crippen LogP contribution in [0.25, 0.3) is 22.0 Å². The Hall–Kier alpha value is -3.82. The second-order valence-corrected chi connectivity index (χ2v) is 11.9. The fourth-order valence-corrected chi connectivity index (χ4v) is 5.21. The van der Waals surface area contributed by atoms with Crippen molar-refractivity contribution in [1.82, 2.24) is 10.3 Å². The van der Waals surface area contributed by atoms with Crippen LogP contribution in [-0.2, 0) is 20.2 Å². The molecule has 4 aromatic rings. The molecule has 0 fully saturated rings. The molecule has 1 amide bonds. The van der Waals surface area contributed by atoms with Gasteiger partial charge < -0.3 is 19.8 Å². The summed E-state index contributed by atoms with van der Waals surface area (Å²) in [6.45, 7) is 8.38. The van der Waals surface area contributed by atoms with Gasteiger partial charge in [0.25, 0.3) is 10.0 Å². The van der Waals surface area contributed by atoms with Crippen LogP contribution in [0, 0.1) is 0 Å². The number of carbonyl (C=O) groups is 1. The molecule has 9 heteroatoms. The van der Waals surface area contributed by atoms with Crippen molar-refractivity contribution < 1.29 is 22.7 Å². The molecule has 0 saturated carbocycles. The Morgan fingerprint density at radius 2 is 1.68 bits per heavy atom. The summed E-state index contributed by atoms with van der Waals surface area (Å²) in [6, 6.07) is 21.2. The maximum absolute atomic E-state index is 13.2. The standard InChI is InChI=1S/C29H33N3O5S/c1-19(18-36-5)30-28(33)37-27-26(20-9-7-6-8-10-20)24-17-22(13-16-25(24)31-27)32-38(34,35)23-14-11-21(12-15-23)29(2,3)4/h6-17,19,31-32H,18H2,1-5H3,(H,30,33). The molecule has 1 unspecified atom stereocenters. The zero-order chi connectivity index (χ0) is 27.5. The zero-order valence-electron chi connectivity index (χ0n) is 22.2. The number of sulfonamides is 1. The summed E-state index contributed by atoms with van der Waals surface area (Å²) in [6.07, 6.45) is -0.627. The van der Waals surface area contributed by atoms with E-state index in [9.17, 15) is 13.2 Å². The smallest absolute Gasteiger partial charge is 0.393 e. The van der Waals surface area contributed by atoms with Gasteiger partial charge in [0.05, 0.1) is 23.1 Å². The molecule has 3 N–H and O–H groups in total. The van der Waals surface area contributed by atoms with Crippen molar-refractivity contribution in [2.24, 2.45) is 0 Å². The predicted octanol–water partition coefficient (Wildman–Crippen LogP) is 6.06. The summed E-state index contributed by atoms with van der Waals surface area (Å²) in [5, 5.41) is 3.43. The normalized spacial score (nSPS) is 12.8. The van der Waals surface area contributed by atoms with E-state index in [-0.39, 0.29) is 22.2 Å². The van der Waals surface area contributed by atoms with E-state index in [4.69, 9.17) is 9.47 Å². The second-order valence-electron chi connectivity index (χ2n) is 10.2. The third-order valence-electron chi connectivity index (χ3n) is 6.09. The Morgan fingerprint density at radius 3 is 2.32 bits per heavy atom. The maximum atomic E-state index is 13.2. The van der Waals surface area contributed by atoms with E-state index in [2.05, 4.69) is 35.8 Å². The van der Waals surface area contributed by atoms with E-state index >= 15 is 0 Å². The molecule has 0 spiro atoms. The Labute approximate surface area is 223 Å². The monoisotopic (exact) mass is 535 g/mol. The van der Waals surface area contributed by atoms with Crippen molar-refractivity contribution >= 4 is 32.7 Å². The Morgan fingerprint density at radius 1 is 1.00 bits per heavy atom. The molecule has 38 heavy (non-hydrogen) atoms. The number of benzene rings is 3. The number of hydrogen-bond donors (Lipinski definition) is 3. The molecule has 0 aliphatic heterocycles. The van der Waals surface area contributed by atoms with Gasteiger partial charge >= 0.3 is 6.09 Å². The first kappa shape index (κ1) is 27.2. The van der Waals surface area contributed by atoms with Gasteiger partial charge in [-0.05, 0) is 53.8 Å². The molecular formula is C29H33N3O5S. The highest BCUT2D eigenvalue weighted by molar-refractivity contribution is 7.92. The molecule has 8 nitrogen and oxygen atoms in total. The molecule has 200 valence electrons. The van der Waals surface area contributed by atoms with Crippen LogP contribution in [0.15, 0.2) is 77.7 Å². The minimum Gasteiger partial charge on any atom is -0.393 e. The Kier molecular flexibility index (Phi) is 7.80.